The number of aliphatic hydroxyl groups is 2. The Morgan fingerprint density at radius 2 is 1.78 bits per heavy atom. The number of nitrogens with zero attached hydrogens (tertiary/aromatic N) is 3. The Labute approximate surface area is 185 Å². The summed E-state index contributed by atoms with van der Waals surface area (Å²) >= 11 is 0. The van der Waals surface area contributed by atoms with Crippen LogP contribution in [0.2, 0.25) is 0 Å². The van der Waals surface area contributed by atoms with Crippen LogP contribution < -0.4 is 5.32 Å². The van der Waals surface area contributed by atoms with Crippen LogP contribution in [0, 0.1) is 5.92 Å². The van der Waals surface area contributed by atoms with Crippen LogP contribution in [0.15, 0.2) is 72.9 Å². The number of rotatable bonds is 5. The molecule has 7 nitrogen and oxygen atoms in total. The van der Waals surface area contributed by atoms with Crippen LogP contribution in [-0.4, -0.2) is 48.8 Å². The predicted molar refractivity (Wildman–Crippen MR) is 122 cm³/mol. The second-order valence-corrected chi connectivity index (χ2v) is 8.35. The highest BCUT2D eigenvalue weighted by molar-refractivity contribution is 6.09. The third-order valence-corrected chi connectivity index (χ3v) is 6.12. The van der Waals surface area contributed by atoms with E-state index in [1.54, 1.807) is 35.0 Å². The molecule has 0 amide bonds. The average molecular weight is 428 g/mol. The Hall–Kier alpha value is -3.55. The maximum atomic E-state index is 12.8. The van der Waals surface area contributed by atoms with Crippen molar-refractivity contribution < 1.29 is 15.0 Å². The molecule has 1 fully saturated rings. The number of hydrogen-bond acceptors (Lipinski definition) is 6. The van der Waals surface area contributed by atoms with Crippen molar-refractivity contribution in [2.75, 3.05) is 5.32 Å². The third-order valence-electron chi connectivity index (χ3n) is 6.12. The fourth-order valence-corrected chi connectivity index (χ4v) is 4.31. The molecule has 2 aromatic heterocycles. The molecule has 4 aromatic rings. The number of aromatic nitrogens is 3. The lowest BCUT2D eigenvalue weighted by molar-refractivity contribution is 0.0210. The minimum Gasteiger partial charge on any atom is -0.390 e. The van der Waals surface area contributed by atoms with Gasteiger partial charge in [0.2, 0.25) is 0 Å². The highest BCUT2D eigenvalue weighted by atomic mass is 16.3. The SMILES string of the molecule is C[C@@H]1C[C@@H](Nc2ccnc3cc(-c4cccc(C(=O)c5ccccc5)c4)nn23)[C@H](O)[C@@H]1O. The Balaban J connectivity index is 1.46. The maximum absolute atomic E-state index is 12.8. The van der Waals surface area contributed by atoms with Crippen molar-refractivity contribution >= 4 is 17.2 Å². The van der Waals surface area contributed by atoms with Crippen molar-refractivity contribution in [1.82, 2.24) is 14.6 Å². The molecular weight excluding hydrogens is 404 g/mol. The van der Waals surface area contributed by atoms with E-state index >= 15 is 0 Å². The van der Waals surface area contributed by atoms with E-state index in [4.69, 9.17) is 5.10 Å². The molecule has 0 radical (unpaired) electrons. The van der Waals surface area contributed by atoms with Crippen molar-refractivity contribution in [2.45, 2.75) is 31.6 Å². The van der Waals surface area contributed by atoms with Crippen LogP contribution in [-0.2, 0) is 0 Å². The number of anilines is 1. The van der Waals surface area contributed by atoms with Crippen molar-refractivity contribution in [3.8, 4) is 11.3 Å². The lowest BCUT2D eigenvalue weighted by Crippen LogP contribution is -2.35. The van der Waals surface area contributed by atoms with Crippen molar-refractivity contribution in [1.29, 1.82) is 0 Å². The topological polar surface area (TPSA) is 99.8 Å². The van der Waals surface area contributed by atoms with Crippen LogP contribution in [0.5, 0.6) is 0 Å². The number of ketones is 1. The van der Waals surface area contributed by atoms with E-state index in [-0.39, 0.29) is 17.7 Å². The zero-order valence-electron chi connectivity index (χ0n) is 17.6. The van der Waals surface area contributed by atoms with Gasteiger partial charge in [0.05, 0.1) is 17.8 Å². The molecule has 1 aliphatic rings. The first-order valence-corrected chi connectivity index (χ1v) is 10.7. The van der Waals surface area contributed by atoms with Crippen molar-refractivity contribution in [3.05, 3.63) is 84.1 Å². The van der Waals surface area contributed by atoms with Gasteiger partial charge < -0.3 is 15.5 Å². The fraction of sp³-hybridized carbons (Fsp3) is 0.240. The number of benzene rings is 2. The fourth-order valence-electron chi connectivity index (χ4n) is 4.31. The normalized spacial score (nSPS) is 22.8. The second kappa shape index (κ2) is 8.18. The molecular formula is C25H24N4O3. The summed E-state index contributed by atoms with van der Waals surface area (Å²) in [6.07, 6.45) is 0.746. The minimum absolute atomic E-state index is 0.0119. The van der Waals surface area contributed by atoms with Crippen molar-refractivity contribution in [2.24, 2.45) is 5.92 Å². The predicted octanol–water partition coefficient (Wildman–Crippen LogP) is 3.17. The van der Waals surface area contributed by atoms with E-state index < -0.39 is 12.2 Å². The van der Waals surface area contributed by atoms with E-state index in [2.05, 4.69) is 10.3 Å². The molecule has 0 spiro atoms. The summed E-state index contributed by atoms with van der Waals surface area (Å²) in [7, 11) is 0. The Bertz CT molecular complexity index is 1270. The van der Waals surface area contributed by atoms with Crippen LogP contribution in [0.1, 0.15) is 29.3 Å². The zero-order valence-corrected chi connectivity index (χ0v) is 17.6. The molecule has 1 aliphatic carbocycles. The van der Waals surface area contributed by atoms with E-state index in [0.717, 1.165) is 5.56 Å². The van der Waals surface area contributed by atoms with E-state index in [1.807, 2.05) is 49.4 Å². The molecule has 162 valence electrons. The van der Waals surface area contributed by atoms with Crippen LogP contribution in [0.4, 0.5) is 5.82 Å². The lowest BCUT2D eigenvalue weighted by Gasteiger charge is -2.19. The van der Waals surface area contributed by atoms with Gasteiger partial charge in [0.15, 0.2) is 11.4 Å². The quantitative estimate of drug-likeness (QED) is 0.422. The molecule has 2 heterocycles. The van der Waals surface area contributed by atoms with Crippen molar-refractivity contribution in [3.63, 3.8) is 0 Å². The molecule has 4 atom stereocenters. The van der Waals surface area contributed by atoms with E-state index in [0.29, 0.717) is 34.7 Å². The highest BCUT2D eigenvalue weighted by Crippen LogP contribution is 2.29. The van der Waals surface area contributed by atoms with Gasteiger partial charge in [0.1, 0.15) is 11.9 Å². The third kappa shape index (κ3) is 3.66. The van der Waals surface area contributed by atoms with E-state index in [1.165, 1.54) is 0 Å². The van der Waals surface area contributed by atoms with Crippen LogP contribution in [0.3, 0.4) is 0 Å². The van der Waals surface area contributed by atoms with Gasteiger partial charge in [-0.3, -0.25) is 4.79 Å². The molecule has 2 aromatic carbocycles. The molecule has 0 aliphatic heterocycles. The number of carbonyl (C=O) groups excluding carboxylic acids is 1. The molecule has 3 N–H and O–H groups in total. The molecule has 32 heavy (non-hydrogen) atoms. The van der Waals surface area contributed by atoms with Gasteiger partial charge in [0.25, 0.3) is 0 Å². The smallest absolute Gasteiger partial charge is 0.193 e. The minimum atomic E-state index is -0.844. The van der Waals surface area contributed by atoms with Gasteiger partial charge in [-0.2, -0.15) is 9.61 Å². The Kier molecular flexibility index (Phi) is 5.20. The van der Waals surface area contributed by atoms with Crippen LogP contribution >= 0.6 is 0 Å². The highest BCUT2D eigenvalue weighted by Gasteiger charge is 2.39. The number of carbonyl (C=O) groups is 1. The number of fused-ring (bicyclic) bond motifs is 1. The second-order valence-electron chi connectivity index (χ2n) is 8.35. The van der Waals surface area contributed by atoms with Gasteiger partial charge in [-0.1, -0.05) is 55.5 Å². The van der Waals surface area contributed by atoms with Gasteiger partial charge in [-0.05, 0) is 24.5 Å². The summed E-state index contributed by atoms with van der Waals surface area (Å²) in [6, 6.07) is 20.0. The largest absolute Gasteiger partial charge is 0.390 e. The lowest BCUT2D eigenvalue weighted by atomic mass is 10.0. The summed E-state index contributed by atoms with van der Waals surface area (Å²) in [5.41, 5.74) is 3.38. The summed E-state index contributed by atoms with van der Waals surface area (Å²) < 4.78 is 1.68. The molecule has 0 saturated heterocycles. The molecule has 5 rings (SSSR count). The Morgan fingerprint density at radius 1 is 1.00 bits per heavy atom. The zero-order chi connectivity index (χ0) is 22.2. The first-order valence-electron chi connectivity index (χ1n) is 10.7. The molecule has 7 heteroatoms. The maximum Gasteiger partial charge on any atom is 0.193 e. The van der Waals surface area contributed by atoms with Gasteiger partial charge >= 0.3 is 0 Å². The standard InChI is InChI=1S/C25H24N4O3/c1-15-12-20(25(32)23(15)30)27-21-10-11-26-22-14-19(28-29(21)22)17-8-5-9-18(13-17)24(31)16-6-3-2-4-7-16/h2-11,13-15,20,23,25,27,30,32H,12H2,1H3/t15-,20-,23-,25+/m1/s1. The first kappa shape index (κ1) is 20.4. The summed E-state index contributed by atoms with van der Waals surface area (Å²) in [4.78, 5) is 17.2. The monoisotopic (exact) mass is 428 g/mol. The summed E-state index contributed by atoms with van der Waals surface area (Å²) in [6.45, 7) is 1.92. The van der Waals surface area contributed by atoms with Gasteiger partial charge in [-0.15, -0.1) is 0 Å². The number of nitrogens with one attached hydrogen (secondary N) is 1. The number of aliphatic hydroxyl groups excluding tert-OH is 2. The molecule has 0 unspecified atom stereocenters. The molecule has 0 bridgehead atoms. The number of hydrogen-bond donors (Lipinski definition) is 3. The van der Waals surface area contributed by atoms with Gasteiger partial charge in [0, 0.05) is 29.0 Å². The van der Waals surface area contributed by atoms with Gasteiger partial charge in [-0.25, -0.2) is 4.98 Å². The van der Waals surface area contributed by atoms with E-state index in [9.17, 15) is 15.0 Å². The first-order chi connectivity index (χ1) is 15.5. The summed E-state index contributed by atoms with van der Waals surface area (Å²) in [5, 5.41) is 28.4. The van der Waals surface area contributed by atoms with Crippen LogP contribution in [0.25, 0.3) is 16.9 Å². The average Bonchev–Trinajstić information content (AvgIpc) is 3.37. The molecule has 1 saturated carbocycles. The summed E-state index contributed by atoms with van der Waals surface area (Å²) in [5.74, 6) is 0.653. The Morgan fingerprint density at radius 3 is 2.53 bits per heavy atom.